The summed E-state index contributed by atoms with van der Waals surface area (Å²) in [7, 11) is 3.46. The summed E-state index contributed by atoms with van der Waals surface area (Å²) in [5.74, 6) is -0.710. The topological polar surface area (TPSA) is 41.6 Å². The Labute approximate surface area is 147 Å². The smallest absolute Gasteiger partial charge is 0.255 e. The number of hydrogen-bond donors (Lipinski definition) is 1. The number of nitrogens with zero attached hydrogens (tertiary/aromatic N) is 1. The van der Waals surface area contributed by atoms with Crippen LogP contribution in [0.4, 0.5) is 10.1 Å². The Bertz CT molecular complexity index is 752. The Balaban J connectivity index is 0.00000208. The second kappa shape index (κ2) is 7.64. The molecule has 1 aliphatic rings. The lowest BCUT2D eigenvalue weighted by molar-refractivity contribution is 0.102. The third-order valence-corrected chi connectivity index (χ3v) is 4.08. The molecule has 1 amide bonds. The van der Waals surface area contributed by atoms with Gasteiger partial charge in [0.15, 0.2) is 11.6 Å². The maximum atomic E-state index is 13.4. The Morgan fingerprint density at radius 2 is 2.00 bits per heavy atom. The highest BCUT2D eigenvalue weighted by Gasteiger charge is 2.15. The molecular formula is C18H20ClFN2O2. The van der Waals surface area contributed by atoms with E-state index in [0.717, 1.165) is 25.2 Å². The van der Waals surface area contributed by atoms with E-state index in [1.165, 1.54) is 36.4 Å². The van der Waals surface area contributed by atoms with E-state index in [2.05, 4.69) is 23.3 Å². The van der Waals surface area contributed by atoms with Gasteiger partial charge in [-0.3, -0.25) is 4.79 Å². The van der Waals surface area contributed by atoms with Gasteiger partial charge in [0.05, 0.1) is 7.11 Å². The average Bonchev–Trinajstić information content (AvgIpc) is 2.54. The Morgan fingerprint density at radius 1 is 1.21 bits per heavy atom. The van der Waals surface area contributed by atoms with E-state index in [0.29, 0.717) is 5.56 Å². The molecular weight excluding hydrogens is 331 g/mol. The molecule has 0 spiro atoms. The van der Waals surface area contributed by atoms with Crippen molar-refractivity contribution in [2.24, 2.45) is 0 Å². The SMILES string of the molecule is COc1cc(C(=O)Nc2ccc3c(c2)CN(C)CC3)ccc1F.Cl. The van der Waals surface area contributed by atoms with Gasteiger partial charge in [-0.15, -0.1) is 12.4 Å². The summed E-state index contributed by atoms with van der Waals surface area (Å²) < 4.78 is 18.3. The Kier molecular flexibility index (Phi) is 5.80. The molecule has 0 atom stereocenters. The minimum absolute atomic E-state index is 0. The van der Waals surface area contributed by atoms with E-state index in [9.17, 15) is 9.18 Å². The molecule has 1 heterocycles. The van der Waals surface area contributed by atoms with Crippen molar-refractivity contribution in [3.63, 3.8) is 0 Å². The van der Waals surface area contributed by atoms with Crippen LogP contribution in [0, 0.1) is 5.82 Å². The van der Waals surface area contributed by atoms with Gasteiger partial charge in [-0.05, 0) is 54.9 Å². The third-order valence-electron chi connectivity index (χ3n) is 4.08. The predicted molar refractivity (Wildman–Crippen MR) is 94.6 cm³/mol. The number of likely N-dealkylation sites (N-methyl/N-ethyl adjacent to an activating group) is 1. The molecule has 0 unspecified atom stereocenters. The largest absolute Gasteiger partial charge is 0.494 e. The number of ether oxygens (including phenoxy) is 1. The quantitative estimate of drug-likeness (QED) is 0.921. The Morgan fingerprint density at radius 3 is 2.75 bits per heavy atom. The van der Waals surface area contributed by atoms with E-state index in [1.54, 1.807) is 0 Å². The van der Waals surface area contributed by atoms with Gasteiger partial charge in [-0.25, -0.2) is 4.39 Å². The molecule has 0 radical (unpaired) electrons. The van der Waals surface area contributed by atoms with Gasteiger partial charge in [-0.1, -0.05) is 6.07 Å². The zero-order valence-electron chi connectivity index (χ0n) is 13.6. The standard InChI is InChI=1S/C18H19FN2O2.ClH/c1-21-8-7-12-3-5-15(9-14(12)11-21)20-18(22)13-4-6-16(19)17(10-13)23-2;/h3-6,9-10H,7-8,11H2,1-2H3,(H,20,22);1H. The first kappa shape index (κ1) is 18.2. The maximum Gasteiger partial charge on any atom is 0.255 e. The molecule has 4 nitrogen and oxygen atoms in total. The second-order valence-corrected chi connectivity index (χ2v) is 5.77. The first-order valence-corrected chi connectivity index (χ1v) is 7.52. The highest BCUT2D eigenvalue weighted by Crippen LogP contribution is 2.23. The minimum Gasteiger partial charge on any atom is -0.494 e. The van der Waals surface area contributed by atoms with Crippen molar-refractivity contribution in [1.29, 1.82) is 0 Å². The lowest BCUT2D eigenvalue weighted by atomic mass is 9.99. The van der Waals surface area contributed by atoms with Crippen molar-refractivity contribution in [3.05, 3.63) is 58.9 Å². The van der Waals surface area contributed by atoms with Gasteiger partial charge in [0.25, 0.3) is 5.91 Å². The fraction of sp³-hybridized carbons (Fsp3) is 0.278. The van der Waals surface area contributed by atoms with Crippen LogP contribution < -0.4 is 10.1 Å². The Hall–Kier alpha value is -2.11. The number of hydrogen-bond acceptors (Lipinski definition) is 3. The molecule has 0 aliphatic carbocycles. The average molecular weight is 351 g/mol. The molecule has 0 fully saturated rings. The number of nitrogens with one attached hydrogen (secondary N) is 1. The molecule has 0 bridgehead atoms. The van der Waals surface area contributed by atoms with E-state index in [1.807, 2.05) is 12.1 Å². The minimum atomic E-state index is -0.485. The number of carbonyl (C=O) groups is 1. The normalized spacial score (nSPS) is 13.6. The number of methoxy groups -OCH3 is 1. The van der Waals surface area contributed by atoms with Crippen molar-refractivity contribution in [3.8, 4) is 5.75 Å². The van der Waals surface area contributed by atoms with Crippen molar-refractivity contribution < 1.29 is 13.9 Å². The highest BCUT2D eigenvalue weighted by molar-refractivity contribution is 6.04. The zero-order chi connectivity index (χ0) is 16.4. The summed E-state index contributed by atoms with van der Waals surface area (Å²) in [6, 6.07) is 10.0. The predicted octanol–water partition coefficient (Wildman–Crippen LogP) is 3.50. The van der Waals surface area contributed by atoms with Crippen LogP contribution in [-0.4, -0.2) is 31.5 Å². The van der Waals surface area contributed by atoms with Crippen molar-refractivity contribution in [1.82, 2.24) is 4.90 Å². The summed E-state index contributed by atoms with van der Waals surface area (Å²) in [4.78, 5) is 14.6. The summed E-state index contributed by atoms with van der Waals surface area (Å²) in [5, 5.41) is 2.86. The zero-order valence-corrected chi connectivity index (χ0v) is 14.5. The summed E-state index contributed by atoms with van der Waals surface area (Å²) in [5.41, 5.74) is 3.66. The number of halogens is 2. The fourth-order valence-corrected chi connectivity index (χ4v) is 2.78. The molecule has 2 aromatic rings. The van der Waals surface area contributed by atoms with Crippen LogP contribution in [-0.2, 0) is 13.0 Å². The number of amides is 1. The molecule has 1 N–H and O–H groups in total. The van der Waals surface area contributed by atoms with Crippen LogP contribution in [0.1, 0.15) is 21.5 Å². The number of rotatable bonds is 3. The second-order valence-electron chi connectivity index (χ2n) is 5.77. The summed E-state index contributed by atoms with van der Waals surface area (Å²) in [6.07, 6.45) is 1.02. The number of fused-ring (bicyclic) bond motifs is 1. The van der Waals surface area contributed by atoms with Gasteiger partial charge >= 0.3 is 0 Å². The molecule has 3 rings (SSSR count). The van der Waals surface area contributed by atoms with E-state index in [4.69, 9.17) is 4.74 Å². The molecule has 0 saturated carbocycles. The first-order valence-electron chi connectivity index (χ1n) is 7.52. The highest BCUT2D eigenvalue weighted by atomic mass is 35.5. The summed E-state index contributed by atoms with van der Waals surface area (Å²) in [6.45, 7) is 1.93. The number of benzene rings is 2. The van der Waals surface area contributed by atoms with Gasteiger partial charge in [-0.2, -0.15) is 0 Å². The van der Waals surface area contributed by atoms with Gasteiger partial charge in [0.2, 0.25) is 0 Å². The lowest BCUT2D eigenvalue weighted by Crippen LogP contribution is -2.26. The maximum absolute atomic E-state index is 13.4. The first-order chi connectivity index (χ1) is 11.1. The molecule has 24 heavy (non-hydrogen) atoms. The van der Waals surface area contributed by atoms with E-state index in [-0.39, 0.29) is 24.1 Å². The van der Waals surface area contributed by atoms with Gasteiger partial charge < -0.3 is 15.0 Å². The van der Waals surface area contributed by atoms with E-state index >= 15 is 0 Å². The van der Waals surface area contributed by atoms with Crippen molar-refractivity contribution in [2.75, 3.05) is 26.0 Å². The number of carbonyl (C=O) groups excluding carboxylic acids is 1. The van der Waals surface area contributed by atoms with Crippen LogP contribution in [0.25, 0.3) is 0 Å². The van der Waals surface area contributed by atoms with Gasteiger partial charge in [0.1, 0.15) is 0 Å². The van der Waals surface area contributed by atoms with Gasteiger partial charge in [0, 0.05) is 24.3 Å². The molecule has 0 saturated heterocycles. The van der Waals surface area contributed by atoms with Crippen molar-refractivity contribution in [2.45, 2.75) is 13.0 Å². The third kappa shape index (κ3) is 3.86. The van der Waals surface area contributed by atoms with Crippen molar-refractivity contribution >= 4 is 24.0 Å². The monoisotopic (exact) mass is 350 g/mol. The van der Waals surface area contributed by atoms with Crippen LogP contribution in [0.2, 0.25) is 0 Å². The molecule has 1 aliphatic heterocycles. The molecule has 6 heteroatoms. The van der Waals surface area contributed by atoms with E-state index < -0.39 is 5.82 Å². The van der Waals surface area contributed by atoms with Crippen LogP contribution in [0.5, 0.6) is 5.75 Å². The molecule has 128 valence electrons. The fourth-order valence-electron chi connectivity index (χ4n) is 2.78. The number of anilines is 1. The van der Waals surface area contributed by atoms with Crippen LogP contribution in [0.3, 0.4) is 0 Å². The summed E-state index contributed by atoms with van der Waals surface area (Å²) >= 11 is 0. The van der Waals surface area contributed by atoms with Crippen LogP contribution in [0.15, 0.2) is 36.4 Å². The lowest BCUT2D eigenvalue weighted by Gasteiger charge is -2.25. The van der Waals surface area contributed by atoms with Crippen LogP contribution >= 0.6 is 12.4 Å². The molecule has 2 aromatic carbocycles. The molecule has 0 aromatic heterocycles.